The van der Waals surface area contributed by atoms with Crippen LogP contribution in [-0.2, 0) is 4.74 Å². The van der Waals surface area contributed by atoms with Crippen LogP contribution in [0.3, 0.4) is 0 Å². The zero-order chi connectivity index (χ0) is 19.5. The number of carbonyl (C=O) groups is 1. The molecule has 0 spiro atoms. The zero-order valence-corrected chi connectivity index (χ0v) is 15.8. The van der Waals surface area contributed by atoms with Gasteiger partial charge >= 0.3 is 5.97 Å². The highest BCUT2D eigenvalue weighted by atomic mass is 16.5. The Morgan fingerprint density at radius 1 is 1.00 bits per heavy atom. The van der Waals surface area contributed by atoms with Crippen LogP contribution < -0.4 is 9.80 Å². The second kappa shape index (κ2) is 7.63. The van der Waals surface area contributed by atoms with Crippen molar-refractivity contribution in [2.24, 2.45) is 0 Å². The van der Waals surface area contributed by atoms with Gasteiger partial charge in [-0.05, 0) is 41.6 Å². The van der Waals surface area contributed by atoms with E-state index in [-0.39, 0.29) is 5.97 Å². The Morgan fingerprint density at radius 3 is 2.39 bits per heavy atom. The molecule has 1 fully saturated rings. The zero-order valence-electron chi connectivity index (χ0n) is 15.8. The fraction of sp³-hybridized carbons (Fsp3) is 0.316. The summed E-state index contributed by atoms with van der Waals surface area (Å²) in [5, 5.41) is 12.2. The third kappa shape index (κ3) is 3.38. The molecule has 0 saturated carbocycles. The molecule has 0 unspecified atom stereocenters. The first kappa shape index (κ1) is 17.9. The maximum absolute atomic E-state index is 11.7. The molecule has 0 radical (unpaired) electrons. The first-order valence-electron chi connectivity index (χ1n) is 9.07. The molecule has 28 heavy (non-hydrogen) atoms. The molecule has 1 aromatic carbocycles. The summed E-state index contributed by atoms with van der Waals surface area (Å²) in [4.78, 5) is 20.7. The van der Waals surface area contributed by atoms with Crippen LogP contribution in [0.4, 0.5) is 11.8 Å². The molecule has 0 aliphatic carbocycles. The van der Waals surface area contributed by atoms with E-state index in [0.29, 0.717) is 11.3 Å². The van der Waals surface area contributed by atoms with Crippen molar-refractivity contribution in [1.82, 2.24) is 25.2 Å². The summed E-state index contributed by atoms with van der Waals surface area (Å²) in [7, 11) is 1.37. The number of aryl methyl sites for hydroxylation is 1. The van der Waals surface area contributed by atoms with Crippen molar-refractivity contribution >= 4 is 17.7 Å². The molecular formula is C19H21N7O2. The van der Waals surface area contributed by atoms with E-state index in [0.717, 1.165) is 43.6 Å². The normalized spacial score (nSPS) is 14.2. The van der Waals surface area contributed by atoms with Gasteiger partial charge in [0.15, 0.2) is 0 Å². The van der Waals surface area contributed by atoms with Crippen LogP contribution in [0.1, 0.15) is 16.1 Å². The number of para-hydroxylation sites is 1. The van der Waals surface area contributed by atoms with Gasteiger partial charge in [0.2, 0.25) is 5.95 Å². The lowest BCUT2D eigenvalue weighted by Gasteiger charge is -2.35. The highest BCUT2D eigenvalue weighted by Gasteiger charge is 2.23. The van der Waals surface area contributed by atoms with E-state index < -0.39 is 0 Å². The lowest BCUT2D eigenvalue weighted by Crippen LogP contribution is -2.47. The fourth-order valence-corrected chi connectivity index (χ4v) is 3.30. The molecule has 2 aromatic heterocycles. The van der Waals surface area contributed by atoms with Crippen LogP contribution in [0.15, 0.2) is 42.5 Å². The van der Waals surface area contributed by atoms with Crippen LogP contribution in [0.25, 0.3) is 5.69 Å². The molecule has 3 heterocycles. The number of hydrogen-bond acceptors (Lipinski definition) is 8. The molecule has 9 nitrogen and oxygen atoms in total. The van der Waals surface area contributed by atoms with Crippen molar-refractivity contribution in [3.8, 4) is 5.69 Å². The van der Waals surface area contributed by atoms with Gasteiger partial charge < -0.3 is 14.5 Å². The molecule has 144 valence electrons. The van der Waals surface area contributed by atoms with E-state index in [1.54, 1.807) is 10.7 Å². The maximum Gasteiger partial charge on any atom is 0.339 e. The lowest BCUT2D eigenvalue weighted by molar-refractivity contribution is 0.0599. The minimum Gasteiger partial charge on any atom is -0.465 e. The van der Waals surface area contributed by atoms with Gasteiger partial charge in [0.1, 0.15) is 5.82 Å². The molecule has 0 bridgehead atoms. The van der Waals surface area contributed by atoms with E-state index in [9.17, 15) is 4.79 Å². The second-order valence-electron chi connectivity index (χ2n) is 6.49. The smallest absolute Gasteiger partial charge is 0.339 e. The Hall–Kier alpha value is -3.49. The summed E-state index contributed by atoms with van der Waals surface area (Å²) >= 11 is 0. The first-order valence-corrected chi connectivity index (χ1v) is 9.07. The Kier molecular flexibility index (Phi) is 4.88. The highest BCUT2D eigenvalue weighted by Crippen LogP contribution is 2.21. The van der Waals surface area contributed by atoms with Gasteiger partial charge in [-0.2, -0.15) is 4.68 Å². The summed E-state index contributed by atoms with van der Waals surface area (Å²) in [6, 6.07) is 13.5. The minimum absolute atomic E-state index is 0.367. The van der Waals surface area contributed by atoms with Gasteiger partial charge in [-0.3, -0.25) is 0 Å². The van der Waals surface area contributed by atoms with Crippen molar-refractivity contribution in [2.45, 2.75) is 6.92 Å². The molecule has 3 aromatic rings. The number of hydrogen-bond donors (Lipinski definition) is 0. The third-order valence-electron chi connectivity index (χ3n) is 4.82. The lowest BCUT2D eigenvalue weighted by atomic mass is 10.2. The number of methoxy groups -OCH3 is 1. The van der Waals surface area contributed by atoms with Crippen molar-refractivity contribution in [1.29, 1.82) is 0 Å². The SMILES string of the molecule is COC(=O)c1ccc(N2CCN(c3nnnn3-c3ccccc3)CC2)nc1C. The number of anilines is 2. The molecule has 4 rings (SSSR count). The topological polar surface area (TPSA) is 89.3 Å². The molecule has 1 aliphatic heterocycles. The van der Waals surface area contributed by atoms with Gasteiger partial charge in [0.05, 0.1) is 24.1 Å². The molecule has 1 aliphatic rings. The summed E-state index contributed by atoms with van der Waals surface area (Å²) < 4.78 is 6.54. The summed E-state index contributed by atoms with van der Waals surface area (Å²) in [5.41, 5.74) is 2.09. The van der Waals surface area contributed by atoms with Crippen LogP contribution in [0.5, 0.6) is 0 Å². The number of rotatable bonds is 4. The summed E-state index contributed by atoms with van der Waals surface area (Å²) in [5.74, 6) is 1.22. The fourth-order valence-electron chi connectivity index (χ4n) is 3.30. The number of carbonyl (C=O) groups excluding carboxylic acids is 1. The Bertz CT molecular complexity index is 965. The summed E-state index contributed by atoms with van der Waals surface area (Å²) in [6.45, 7) is 4.93. The Balaban J connectivity index is 1.47. The molecule has 0 N–H and O–H groups in total. The predicted molar refractivity (Wildman–Crippen MR) is 104 cm³/mol. The van der Waals surface area contributed by atoms with Crippen LogP contribution in [-0.4, -0.2) is 64.4 Å². The first-order chi connectivity index (χ1) is 13.7. The number of nitrogens with zero attached hydrogens (tertiary/aromatic N) is 7. The van der Waals surface area contributed by atoms with E-state index in [2.05, 4.69) is 30.3 Å². The number of benzene rings is 1. The molecule has 0 amide bonds. The summed E-state index contributed by atoms with van der Waals surface area (Å²) in [6.07, 6.45) is 0. The quantitative estimate of drug-likeness (QED) is 0.630. The van der Waals surface area contributed by atoms with Crippen LogP contribution in [0.2, 0.25) is 0 Å². The highest BCUT2D eigenvalue weighted by molar-refractivity contribution is 5.90. The standard InChI is InChI=1S/C19H21N7O2/c1-14-16(18(27)28-2)8-9-17(20-14)24-10-12-25(13-11-24)19-21-22-23-26(19)15-6-4-3-5-7-15/h3-9H,10-13H2,1-2H3. The van der Waals surface area contributed by atoms with Gasteiger partial charge in [0, 0.05) is 26.2 Å². The predicted octanol–water partition coefficient (Wildman–Crippen LogP) is 1.48. The van der Waals surface area contributed by atoms with Gasteiger partial charge in [0.25, 0.3) is 0 Å². The molecule has 9 heteroatoms. The molecule has 1 saturated heterocycles. The average Bonchev–Trinajstić information content (AvgIpc) is 3.24. The monoisotopic (exact) mass is 379 g/mol. The number of pyridine rings is 1. The van der Waals surface area contributed by atoms with Gasteiger partial charge in [-0.1, -0.05) is 23.3 Å². The Morgan fingerprint density at radius 2 is 1.71 bits per heavy atom. The van der Waals surface area contributed by atoms with Crippen molar-refractivity contribution in [3.63, 3.8) is 0 Å². The third-order valence-corrected chi connectivity index (χ3v) is 4.82. The number of piperazine rings is 1. The van der Waals surface area contributed by atoms with Crippen LogP contribution >= 0.6 is 0 Å². The van der Waals surface area contributed by atoms with E-state index in [4.69, 9.17) is 4.74 Å². The van der Waals surface area contributed by atoms with Crippen molar-refractivity contribution < 1.29 is 9.53 Å². The van der Waals surface area contributed by atoms with Crippen molar-refractivity contribution in [3.05, 3.63) is 53.7 Å². The number of esters is 1. The van der Waals surface area contributed by atoms with E-state index in [1.165, 1.54) is 7.11 Å². The van der Waals surface area contributed by atoms with Crippen LogP contribution in [0, 0.1) is 6.92 Å². The van der Waals surface area contributed by atoms with E-state index >= 15 is 0 Å². The van der Waals surface area contributed by atoms with Gasteiger partial charge in [-0.25, -0.2) is 9.78 Å². The van der Waals surface area contributed by atoms with Crippen molar-refractivity contribution in [2.75, 3.05) is 43.1 Å². The molecule has 0 atom stereocenters. The number of ether oxygens (including phenoxy) is 1. The average molecular weight is 379 g/mol. The Labute approximate surface area is 162 Å². The second-order valence-corrected chi connectivity index (χ2v) is 6.49. The van der Waals surface area contributed by atoms with Gasteiger partial charge in [-0.15, -0.1) is 0 Å². The number of tetrazole rings is 1. The maximum atomic E-state index is 11.7. The van der Waals surface area contributed by atoms with E-state index in [1.807, 2.05) is 43.3 Å². The molecular weight excluding hydrogens is 358 g/mol. The minimum atomic E-state index is -0.367. The number of aromatic nitrogens is 5. The largest absolute Gasteiger partial charge is 0.465 e.